The van der Waals surface area contributed by atoms with Crippen LogP contribution < -0.4 is 11.1 Å². The summed E-state index contributed by atoms with van der Waals surface area (Å²) in [6.45, 7) is 4.42. The summed E-state index contributed by atoms with van der Waals surface area (Å²) in [4.78, 5) is 16.0. The normalized spacial score (nSPS) is 17.6. The molecule has 2 aliphatic rings. The number of thiophene rings is 1. The molecule has 1 aliphatic heterocycles. The number of aryl methyl sites for hydroxylation is 2. The third-order valence-corrected chi connectivity index (χ3v) is 8.29. The first-order valence-electron chi connectivity index (χ1n) is 12.2. The predicted octanol–water partition coefficient (Wildman–Crippen LogP) is 4.64. The van der Waals surface area contributed by atoms with E-state index < -0.39 is 0 Å². The van der Waals surface area contributed by atoms with Crippen LogP contribution in [0, 0.1) is 6.92 Å². The van der Waals surface area contributed by atoms with E-state index in [0.29, 0.717) is 17.7 Å². The van der Waals surface area contributed by atoms with Crippen LogP contribution in [0.15, 0.2) is 29.9 Å². The average Bonchev–Trinajstić information content (AvgIpc) is 3.56. The first kappa shape index (κ1) is 21.5. The number of nitrogens with one attached hydrogen (secondary N) is 1. The van der Waals surface area contributed by atoms with Crippen LogP contribution in [0.1, 0.15) is 48.8 Å². The highest BCUT2D eigenvalue weighted by Gasteiger charge is 2.23. The molecular formula is C25H30N8S. The Balaban J connectivity index is 1.21. The Morgan fingerprint density at radius 3 is 2.82 bits per heavy atom. The van der Waals surface area contributed by atoms with E-state index in [1.165, 1.54) is 56.3 Å². The number of anilines is 3. The molecule has 0 radical (unpaired) electrons. The van der Waals surface area contributed by atoms with Crippen molar-refractivity contribution in [3.63, 3.8) is 0 Å². The Kier molecular flexibility index (Phi) is 5.66. The number of rotatable bonds is 4. The molecule has 9 heteroatoms. The first-order chi connectivity index (χ1) is 16.7. The molecule has 1 saturated carbocycles. The quantitative estimate of drug-likeness (QED) is 0.445. The molecule has 0 bridgehead atoms. The van der Waals surface area contributed by atoms with Crippen LogP contribution in [0.2, 0.25) is 0 Å². The molecule has 0 atom stereocenters. The lowest BCUT2D eigenvalue weighted by atomic mass is 9.96. The van der Waals surface area contributed by atoms with Crippen molar-refractivity contribution in [2.75, 3.05) is 24.1 Å². The summed E-state index contributed by atoms with van der Waals surface area (Å²) in [5.41, 5.74) is 12.1. The fraction of sp³-hybridized carbons (Fsp3) is 0.440. The lowest BCUT2D eigenvalue weighted by Gasteiger charge is -2.31. The van der Waals surface area contributed by atoms with Crippen molar-refractivity contribution in [1.82, 2.24) is 29.6 Å². The SMILES string of the molecule is Cc1csc2c(-n3nc(Nc4ccc5c(c4)CCCN(C4CCCC4)CC5)nc3N)ncnc12. The van der Waals surface area contributed by atoms with Crippen molar-refractivity contribution in [2.45, 2.75) is 57.9 Å². The first-order valence-corrected chi connectivity index (χ1v) is 13.1. The molecule has 1 fully saturated rings. The Morgan fingerprint density at radius 2 is 1.94 bits per heavy atom. The van der Waals surface area contributed by atoms with Gasteiger partial charge in [0.05, 0.1) is 10.2 Å². The number of nitrogens with two attached hydrogens (primary N) is 1. The van der Waals surface area contributed by atoms with Gasteiger partial charge in [0.1, 0.15) is 6.33 Å². The minimum absolute atomic E-state index is 0.298. The monoisotopic (exact) mass is 474 g/mol. The van der Waals surface area contributed by atoms with Gasteiger partial charge in [-0.3, -0.25) is 0 Å². The van der Waals surface area contributed by atoms with Gasteiger partial charge in [0.25, 0.3) is 0 Å². The number of aromatic nitrogens is 5. The second-order valence-electron chi connectivity index (χ2n) is 9.44. The highest BCUT2D eigenvalue weighted by atomic mass is 32.1. The number of nitrogens with zero attached hydrogens (tertiary/aromatic N) is 6. The fourth-order valence-electron chi connectivity index (χ4n) is 5.43. The molecule has 4 heterocycles. The average molecular weight is 475 g/mol. The van der Waals surface area contributed by atoms with E-state index in [4.69, 9.17) is 5.73 Å². The van der Waals surface area contributed by atoms with Gasteiger partial charge in [-0.2, -0.15) is 9.67 Å². The zero-order valence-corrected chi connectivity index (χ0v) is 20.3. The number of nitrogen functional groups attached to an aromatic ring is 1. The Labute approximate surface area is 203 Å². The fourth-order valence-corrected chi connectivity index (χ4v) is 6.41. The molecule has 1 aromatic carbocycles. The summed E-state index contributed by atoms with van der Waals surface area (Å²) in [6.07, 6.45) is 10.5. The summed E-state index contributed by atoms with van der Waals surface area (Å²) in [5, 5.41) is 10.0. The molecule has 34 heavy (non-hydrogen) atoms. The van der Waals surface area contributed by atoms with Gasteiger partial charge in [-0.1, -0.05) is 18.9 Å². The second kappa shape index (κ2) is 8.96. The molecule has 3 N–H and O–H groups in total. The van der Waals surface area contributed by atoms with Crippen LogP contribution >= 0.6 is 11.3 Å². The van der Waals surface area contributed by atoms with Gasteiger partial charge >= 0.3 is 0 Å². The summed E-state index contributed by atoms with van der Waals surface area (Å²) < 4.78 is 2.55. The molecule has 1 aliphatic carbocycles. The van der Waals surface area contributed by atoms with Gasteiger partial charge < -0.3 is 16.0 Å². The van der Waals surface area contributed by atoms with E-state index in [2.05, 4.69) is 53.8 Å². The largest absolute Gasteiger partial charge is 0.368 e. The van der Waals surface area contributed by atoms with E-state index in [1.807, 2.05) is 6.92 Å². The van der Waals surface area contributed by atoms with E-state index in [1.54, 1.807) is 22.3 Å². The van der Waals surface area contributed by atoms with Crippen LogP contribution in [0.3, 0.4) is 0 Å². The molecule has 8 nitrogen and oxygen atoms in total. The number of hydrogen-bond donors (Lipinski definition) is 2. The number of benzene rings is 1. The Morgan fingerprint density at radius 1 is 1.06 bits per heavy atom. The predicted molar refractivity (Wildman–Crippen MR) is 137 cm³/mol. The van der Waals surface area contributed by atoms with Crippen molar-refractivity contribution < 1.29 is 0 Å². The van der Waals surface area contributed by atoms with Crippen LogP contribution in [0.4, 0.5) is 17.6 Å². The smallest absolute Gasteiger partial charge is 0.248 e. The van der Waals surface area contributed by atoms with E-state index in [-0.39, 0.29) is 0 Å². The summed E-state index contributed by atoms with van der Waals surface area (Å²) in [6, 6.07) is 7.45. The maximum absolute atomic E-state index is 6.23. The van der Waals surface area contributed by atoms with Gasteiger partial charge in [-0.15, -0.1) is 16.4 Å². The lowest BCUT2D eigenvalue weighted by molar-refractivity contribution is 0.195. The number of fused-ring (bicyclic) bond motifs is 2. The maximum Gasteiger partial charge on any atom is 0.248 e. The van der Waals surface area contributed by atoms with Crippen molar-refractivity contribution in [3.05, 3.63) is 46.6 Å². The molecule has 0 amide bonds. The Bertz CT molecular complexity index is 1320. The van der Waals surface area contributed by atoms with Gasteiger partial charge in [-0.25, -0.2) is 9.97 Å². The van der Waals surface area contributed by atoms with Gasteiger partial charge in [-0.05, 0) is 79.8 Å². The molecule has 0 unspecified atom stereocenters. The van der Waals surface area contributed by atoms with Crippen LogP contribution in [0.5, 0.6) is 0 Å². The minimum Gasteiger partial charge on any atom is -0.368 e. The molecule has 0 spiro atoms. The molecule has 3 aromatic heterocycles. The van der Waals surface area contributed by atoms with Crippen LogP contribution in [0.25, 0.3) is 16.0 Å². The number of hydrogen-bond acceptors (Lipinski definition) is 8. The summed E-state index contributed by atoms with van der Waals surface area (Å²) in [5.74, 6) is 1.42. The maximum atomic E-state index is 6.23. The standard InChI is InChI=1S/C25H30N8S/c1-16-14-34-22-21(16)27-15-28-23(22)33-24(26)30-25(31-33)29-19-9-8-17-10-12-32(20-6-2-3-7-20)11-4-5-18(17)13-19/h8-9,13-15,20H,2-7,10-12H2,1H3,(H3,26,29,30,31). The van der Waals surface area contributed by atoms with Crippen LogP contribution in [-0.2, 0) is 12.8 Å². The highest BCUT2D eigenvalue weighted by Crippen LogP contribution is 2.30. The summed E-state index contributed by atoms with van der Waals surface area (Å²) in [7, 11) is 0. The zero-order valence-electron chi connectivity index (χ0n) is 19.5. The Hall–Kier alpha value is -3.04. The molecule has 176 valence electrons. The third kappa shape index (κ3) is 4.03. The second-order valence-corrected chi connectivity index (χ2v) is 10.3. The van der Waals surface area contributed by atoms with Crippen LogP contribution in [-0.4, -0.2) is 48.8 Å². The van der Waals surface area contributed by atoms with Crippen molar-refractivity contribution in [3.8, 4) is 5.82 Å². The highest BCUT2D eigenvalue weighted by molar-refractivity contribution is 7.17. The van der Waals surface area contributed by atoms with E-state index in [9.17, 15) is 0 Å². The lowest BCUT2D eigenvalue weighted by Crippen LogP contribution is -2.37. The zero-order chi connectivity index (χ0) is 23.1. The van der Waals surface area contributed by atoms with Crippen molar-refractivity contribution >= 4 is 39.1 Å². The van der Waals surface area contributed by atoms with E-state index in [0.717, 1.165) is 40.4 Å². The molecule has 6 rings (SSSR count). The summed E-state index contributed by atoms with van der Waals surface area (Å²) >= 11 is 1.59. The van der Waals surface area contributed by atoms with Gasteiger partial charge in [0.15, 0.2) is 5.82 Å². The van der Waals surface area contributed by atoms with Crippen molar-refractivity contribution in [2.24, 2.45) is 0 Å². The van der Waals surface area contributed by atoms with Gasteiger partial charge in [0, 0.05) is 18.3 Å². The minimum atomic E-state index is 0.298. The third-order valence-electron chi connectivity index (χ3n) is 7.21. The van der Waals surface area contributed by atoms with Crippen molar-refractivity contribution in [1.29, 1.82) is 0 Å². The molecule has 4 aromatic rings. The topological polar surface area (TPSA) is 97.8 Å². The molecule has 0 saturated heterocycles. The van der Waals surface area contributed by atoms with E-state index >= 15 is 0 Å². The molecular weight excluding hydrogens is 444 g/mol. The van der Waals surface area contributed by atoms with Gasteiger partial charge in [0.2, 0.25) is 11.9 Å².